The smallest absolute Gasteiger partial charge is 0.364 e. The van der Waals surface area contributed by atoms with Crippen LogP contribution in [-0.4, -0.2) is 36.1 Å². The molecule has 0 spiro atoms. The normalized spacial score (nSPS) is 19.7. The van der Waals surface area contributed by atoms with Crippen LogP contribution in [0.4, 0.5) is 5.69 Å². The molecule has 1 fully saturated rings. The molecule has 0 aliphatic carbocycles. The summed E-state index contributed by atoms with van der Waals surface area (Å²) < 4.78 is 23.9. The number of carbonyl (C=O) groups excluding carboxylic acids is 1. The third-order valence-corrected chi connectivity index (χ3v) is 6.54. The predicted molar refractivity (Wildman–Crippen MR) is 131 cm³/mol. The lowest BCUT2D eigenvalue weighted by Gasteiger charge is -2.41. The van der Waals surface area contributed by atoms with Gasteiger partial charge in [-0.15, -0.1) is 0 Å². The summed E-state index contributed by atoms with van der Waals surface area (Å²) in [5.74, 6) is -0.444. The number of carbonyl (C=O) groups is 1. The first-order chi connectivity index (χ1) is 16.1. The Morgan fingerprint density at radius 2 is 1.88 bits per heavy atom. The molecule has 9 heteroatoms. The molecule has 8 nitrogen and oxygen atoms in total. The SMILES string of the molecule is CO[C@@H]1CC[C@H](Oc2ccc3c(O)c(NC(=O)c4ccc(Br)cc4)c(=O)oc3c2C)OC1(C)C. The van der Waals surface area contributed by atoms with Crippen molar-refractivity contribution >= 4 is 38.5 Å². The Bertz CT molecular complexity index is 1280. The average molecular weight is 532 g/mol. The van der Waals surface area contributed by atoms with Gasteiger partial charge in [0, 0.05) is 29.1 Å². The number of nitrogens with one attached hydrogen (secondary N) is 1. The lowest BCUT2D eigenvalue weighted by atomic mass is 9.94. The van der Waals surface area contributed by atoms with E-state index in [4.69, 9.17) is 18.6 Å². The standard InChI is InChI=1S/C25H26BrNO7/c1-13-17(32-19-12-11-18(31-4)25(2,3)34-19)10-9-16-21(28)20(24(30)33-22(13)16)27-23(29)14-5-7-15(26)8-6-14/h5-10,18-19,28H,11-12H2,1-4H3,(H,27,29)/t18-,19-/m1/s1. The van der Waals surface area contributed by atoms with Crippen LogP contribution in [0.2, 0.25) is 0 Å². The summed E-state index contributed by atoms with van der Waals surface area (Å²) in [6.07, 6.45) is 0.877. The molecule has 0 radical (unpaired) electrons. The minimum atomic E-state index is -0.867. The molecule has 1 amide bonds. The van der Waals surface area contributed by atoms with E-state index in [0.717, 1.165) is 10.9 Å². The molecule has 3 aromatic rings. The maximum absolute atomic E-state index is 12.7. The van der Waals surface area contributed by atoms with E-state index < -0.39 is 23.4 Å². The van der Waals surface area contributed by atoms with E-state index in [1.54, 1.807) is 50.4 Å². The molecule has 1 saturated heterocycles. The number of hydrogen-bond donors (Lipinski definition) is 2. The summed E-state index contributed by atoms with van der Waals surface area (Å²) >= 11 is 3.31. The van der Waals surface area contributed by atoms with Gasteiger partial charge in [-0.1, -0.05) is 15.9 Å². The quantitative estimate of drug-likeness (QED) is 0.439. The van der Waals surface area contributed by atoms with Gasteiger partial charge in [0.25, 0.3) is 5.91 Å². The van der Waals surface area contributed by atoms with E-state index in [-0.39, 0.29) is 28.5 Å². The lowest BCUT2D eigenvalue weighted by molar-refractivity contribution is -0.233. The summed E-state index contributed by atoms with van der Waals surface area (Å²) in [6, 6.07) is 9.85. The van der Waals surface area contributed by atoms with E-state index in [9.17, 15) is 14.7 Å². The van der Waals surface area contributed by atoms with Crippen LogP contribution in [0.5, 0.6) is 11.5 Å². The molecule has 34 heavy (non-hydrogen) atoms. The molecular weight excluding hydrogens is 506 g/mol. The van der Waals surface area contributed by atoms with Crippen molar-refractivity contribution in [3.05, 3.63) is 62.4 Å². The highest BCUT2D eigenvalue weighted by Crippen LogP contribution is 2.37. The van der Waals surface area contributed by atoms with E-state index in [0.29, 0.717) is 23.3 Å². The molecule has 4 rings (SSSR count). The summed E-state index contributed by atoms with van der Waals surface area (Å²) in [6.45, 7) is 5.63. The van der Waals surface area contributed by atoms with Crippen molar-refractivity contribution in [2.75, 3.05) is 12.4 Å². The van der Waals surface area contributed by atoms with Gasteiger partial charge in [-0.05, 0) is 63.6 Å². The topological polar surface area (TPSA) is 107 Å². The summed E-state index contributed by atoms with van der Waals surface area (Å²) in [5, 5.41) is 13.5. The number of ether oxygens (including phenoxy) is 3. The van der Waals surface area contributed by atoms with Gasteiger partial charge in [0.05, 0.1) is 17.1 Å². The summed E-state index contributed by atoms with van der Waals surface area (Å²) in [5.41, 5.74) is -0.675. The number of benzene rings is 2. The van der Waals surface area contributed by atoms with Crippen LogP contribution in [-0.2, 0) is 9.47 Å². The zero-order chi connectivity index (χ0) is 24.6. The molecule has 0 bridgehead atoms. The number of amides is 1. The fourth-order valence-corrected chi connectivity index (χ4v) is 4.39. The maximum atomic E-state index is 12.7. The Kier molecular flexibility index (Phi) is 6.71. The first kappa shape index (κ1) is 24.3. The van der Waals surface area contributed by atoms with E-state index in [2.05, 4.69) is 21.2 Å². The highest BCUT2D eigenvalue weighted by Gasteiger charge is 2.39. The number of rotatable bonds is 5. The monoisotopic (exact) mass is 531 g/mol. The fourth-order valence-electron chi connectivity index (χ4n) is 4.13. The van der Waals surface area contributed by atoms with Gasteiger partial charge in [0.2, 0.25) is 6.29 Å². The van der Waals surface area contributed by atoms with Gasteiger partial charge < -0.3 is 29.1 Å². The van der Waals surface area contributed by atoms with Crippen LogP contribution >= 0.6 is 15.9 Å². The molecule has 180 valence electrons. The van der Waals surface area contributed by atoms with Gasteiger partial charge in [-0.3, -0.25) is 4.79 Å². The number of fused-ring (bicyclic) bond motifs is 1. The molecule has 2 N–H and O–H groups in total. The summed E-state index contributed by atoms with van der Waals surface area (Å²) in [7, 11) is 1.66. The Balaban J connectivity index is 1.61. The van der Waals surface area contributed by atoms with Crippen molar-refractivity contribution in [1.82, 2.24) is 0 Å². The fraction of sp³-hybridized carbons (Fsp3) is 0.360. The largest absolute Gasteiger partial charge is 0.505 e. The highest BCUT2D eigenvalue weighted by molar-refractivity contribution is 9.10. The van der Waals surface area contributed by atoms with Crippen molar-refractivity contribution in [3.8, 4) is 11.5 Å². The van der Waals surface area contributed by atoms with Crippen LogP contribution in [0.25, 0.3) is 11.0 Å². The van der Waals surface area contributed by atoms with Gasteiger partial charge in [0.1, 0.15) is 11.3 Å². The maximum Gasteiger partial charge on any atom is 0.364 e. The third kappa shape index (κ3) is 4.68. The summed E-state index contributed by atoms with van der Waals surface area (Å²) in [4.78, 5) is 25.2. The molecular formula is C25H26BrNO7. The molecule has 0 unspecified atom stereocenters. The van der Waals surface area contributed by atoms with Crippen molar-refractivity contribution in [1.29, 1.82) is 0 Å². The molecule has 1 aliphatic heterocycles. The average Bonchev–Trinajstić information content (AvgIpc) is 2.78. The zero-order valence-corrected chi connectivity index (χ0v) is 20.9. The number of halogens is 1. The highest BCUT2D eigenvalue weighted by atomic mass is 79.9. The van der Waals surface area contributed by atoms with E-state index in [1.165, 1.54) is 0 Å². The number of aryl methyl sites for hydroxylation is 1. The first-order valence-electron chi connectivity index (χ1n) is 10.8. The van der Waals surface area contributed by atoms with E-state index >= 15 is 0 Å². The molecule has 1 aliphatic rings. The van der Waals surface area contributed by atoms with Crippen LogP contribution in [0.3, 0.4) is 0 Å². The van der Waals surface area contributed by atoms with Crippen molar-refractivity contribution < 1.29 is 28.5 Å². The third-order valence-electron chi connectivity index (χ3n) is 6.01. The second-order valence-corrected chi connectivity index (χ2v) is 9.63. The Labute approximate surface area is 204 Å². The molecule has 1 aromatic heterocycles. The Morgan fingerprint density at radius 1 is 1.18 bits per heavy atom. The molecule has 2 aromatic carbocycles. The van der Waals surface area contributed by atoms with Crippen molar-refractivity contribution in [2.45, 2.75) is 51.6 Å². The van der Waals surface area contributed by atoms with Crippen LogP contribution in [0.15, 0.2) is 50.1 Å². The molecule has 0 saturated carbocycles. The van der Waals surface area contributed by atoms with E-state index in [1.807, 2.05) is 13.8 Å². The zero-order valence-electron chi connectivity index (χ0n) is 19.3. The van der Waals surface area contributed by atoms with Crippen molar-refractivity contribution in [3.63, 3.8) is 0 Å². The van der Waals surface area contributed by atoms with Crippen LogP contribution in [0.1, 0.15) is 42.6 Å². The van der Waals surface area contributed by atoms with Gasteiger partial charge in [-0.2, -0.15) is 0 Å². The second kappa shape index (κ2) is 9.40. The van der Waals surface area contributed by atoms with Crippen molar-refractivity contribution in [2.24, 2.45) is 0 Å². The van der Waals surface area contributed by atoms with Gasteiger partial charge in [-0.25, -0.2) is 4.79 Å². The molecule has 2 atom stereocenters. The van der Waals surface area contributed by atoms with Crippen LogP contribution in [0, 0.1) is 6.92 Å². The first-order valence-corrected chi connectivity index (χ1v) is 11.6. The van der Waals surface area contributed by atoms with Gasteiger partial charge >= 0.3 is 5.63 Å². The Morgan fingerprint density at radius 3 is 2.53 bits per heavy atom. The Hall–Kier alpha value is -2.88. The number of anilines is 1. The lowest BCUT2D eigenvalue weighted by Crippen LogP contribution is -2.49. The van der Waals surface area contributed by atoms with Crippen LogP contribution < -0.4 is 15.7 Å². The second-order valence-electron chi connectivity index (χ2n) is 8.71. The molecule has 2 heterocycles. The number of methoxy groups -OCH3 is 1. The minimum absolute atomic E-state index is 0.0361. The number of aromatic hydroxyl groups is 1. The number of hydrogen-bond acceptors (Lipinski definition) is 7. The minimum Gasteiger partial charge on any atom is -0.505 e. The van der Waals surface area contributed by atoms with Gasteiger partial charge in [0.15, 0.2) is 11.4 Å². The predicted octanol–water partition coefficient (Wildman–Crippen LogP) is 5.13.